The smallest absolute Gasteiger partial charge is 0.325 e. The summed E-state index contributed by atoms with van der Waals surface area (Å²) in [5, 5.41) is 0. The van der Waals surface area contributed by atoms with Crippen LogP contribution in [0, 0.1) is 6.92 Å². The summed E-state index contributed by atoms with van der Waals surface area (Å²) in [6, 6.07) is 7.85. The Kier molecular flexibility index (Phi) is 3.10. The predicted octanol–water partition coefficient (Wildman–Crippen LogP) is 1.56. The number of ether oxygens (including phenoxy) is 1. The third-order valence-electron chi connectivity index (χ3n) is 2.31. The first-order chi connectivity index (χ1) is 7.75. The highest BCUT2D eigenvalue weighted by Gasteiger charge is 1.97. The second kappa shape index (κ2) is 4.70. The van der Waals surface area contributed by atoms with E-state index in [2.05, 4.69) is 4.98 Å². The van der Waals surface area contributed by atoms with Gasteiger partial charge in [-0.3, -0.25) is 4.57 Å². The largest absolute Gasteiger partial charge is 0.492 e. The molecule has 0 radical (unpaired) electrons. The molecule has 4 heteroatoms. The molecular formula is C12H14N2O2. The van der Waals surface area contributed by atoms with Crippen molar-refractivity contribution >= 4 is 0 Å². The van der Waals surface area contributed by atoms with Gasteiger partial charge < -0.3 is 9.72 Å². The van der Waals surface area contributed by atoms with Crippen molar-refractivity contribution < 1.29 is 4.74 Å². The van der Waals surface area contributed by atoms with Gasteiger partial charge in [-0.15, -0.1) is 0 Å². The molecule has 84 valence electrons. The number of aromatic amines is 1. The monoisotopic (exact) mass is 218 g/mol. The van der Waals surface area contributed by atoms with Crippen molar-refractivity contribution in [3.63, 3.8) is 0 Å². The number of imidazole rings is 1. The Morgan fingerprint density at radius 3 is 3.00 bits per heavy atom. The molecule has 0 aliphatic carbocycles. The Morgan fingerprint density at radius 1 is 1.44 bits per heavy atom. The minimum absolute atomic E-state index is 0.104. The number of hydrogen-bond donors (Lipinski definition) is 1. The Morgan fingerprint density at radius 2 is 2.31 bits per heavy atom. The molecule has 1 heterocycles. The Bertz CT molecular complexity index is 513. The van der Waals surface area contributed by atoms with E-state index in [9.17, 15) is 4.79 Å². The molecule has 0 saturated heterocycles. The van der Waals surface area contributed by atoms with Crippen molar-refractivity contribution in [1.82, 2.24) is 9.55 Å². The van der Waals surface area contributed by atoms with Crippen LogP contribution in [0.15, 0.2) is 41.5 Å². The van der Waals surface area contributed by atoms with Crippen LogP contribution in [0.25, 0.3) is 0 Å². The molecule has 0 fully saturated rings. The molecule has 0 aliphatic heterocycles. The first kappa shape index (κ1) is 10.5. The molecule has 2 aromatic rings. The minimum atomic E-state index is -0.104. The first-order valence-corrected chi connectivity index (χ1v) is 5.19. The summed E-state index contributed by atoms with van der Waals surface area (Å²) in [5.41, 5.74) is 1.06. The van der Waals surface area contributed by atoms with E-state index in [1.165, 1.54) is 0 Å². The van der Waals surface area contributed by atoms with Crippen molar-refractivity contribution in [1.29, 1.82) is 0 Å². The third-order valence-corrected chi connectivity index (χ3v) is 2.31. The predicted molar refractivity (Wildman–Crippen MR) is 61.7 cm³/mol. The molecule has 4 nitrogen and oxygen atoms in total. The quantitative estimate of drug-likeness (QED) is 0.846. The molecule has 0 saturated carbocycles. The lowest BCUT2D eigenvalue weighted by Crippen LogP contribution is -2.19. The van der Waals surface area contributed by atoms with E-state index in [0.29, 0.717) is 13.2 Å². The van der Waals surface area contributed by atoms with E-state index in [1.807, 2.05) is 31.2 Å². The van der Waals surface area contributed by atoms with Gasteiger partial charge in [-0.05, 0) is 24.6 Å². The summed E-state index contributed by atoms with van der Waals surface area (Å²) in [6.07, 6.45) is 3.33. The summed E-state index contributed by atoms with van der Waals surface area (Å²) in [4.78, 5) is 13.7. The van der Waals surface area contributed by atoms with Gasteiger partial charge in [-0.2, -0.15) is 0 Å². The van der Waals surface area contributed by atoms with E-state index in [1.54, 1.807) is 17.0 Å². The van der Waals surface area contributed by atoms with Crippen LogP contribution in [0.3, 0.4) is 0 Å². The van der Waals surface area contributed by atoms with E-state index >= 15 is 0 Å². The molecule has 0 bridgehead atoms. The van der Waals surface area contributed by atoms with E-state index in [-0.39, 0.29) is 5.69 Å². The topological polar surface area (TPSA) is 47.0 Å². The number of hydrogen-bond acceptors (Lipinski definition) is 2. The highest BCUT2D eigenvalue weighted by Crippen LogP contribution is 2.11. The van der Waals surface area contributed by atoms with Crippen molar-refractivity contribution in [3.8, 4) is 5.75 Å². The van der Waals surface area contributed by atoms with Gasteiger partial charge >= 0.3 is 5.69 Å². The molecule has 0 atom stereocenters. The summed E-state index contributed by atoms with van der Waals surface area (Å²) in [7, 11) is 0. The van der Waals surface area contributed by atoms with Gasteiger partial charge in [0.1, 0.15) is 12.4 Å². The van der Waals surface area contributed by atoms with Crippen LogP contribution in [0.1, 0.15) is 5.56 Å². The van der Waals surface area contributed by atoms with E-state index < -0.39 is 0 Å². The summed E-state index contributed by atoms with van der Waals surface area (Å²) >= 11 is 0. The maximum atomic E-state index is 11.2. The molecule has 1 aromatic heterocycles. The molecule has 1 N–H and O–H groups in total. The van der Waals surface area contributed by atoms with Crippen LogP contribution in [0.5, 0.6) is 5.75 Å². The van der Waals surface area contributed by atoms with Crippen LogP contribution in [-0.4, -0.2) is 16.2 Å². The lowest BCUT2D eigenvalue weighted by Gasteiger charge is -2.06. The number of benzene rings is 1. The van der Waals surface area contributed by atoms with Crippen molar-refractivity contribution in [2.75, 3.05) is 6.61 Å². The highest BCUT2D eigenvalue weighted by atomic mass is 16.5. The standard InChI is InChI=1S/C12H14N2O2/c1-10-3-2-4-11(9-10)16-8-7-14-6-5-13-12(14)15/h2-6,9H,7-8H2,1H3,(H,13,15). The summed E-state index contributed by atoms with van der Waals surface area (Å²) in [5.74, 6) is 0.837. The Hall–Kier alpha value is -1.97. The first-order valence-electron chi connectivity index (χ1n) is 5.19. The SMILES string of the molecule is Cc1cccc(OCCn2cc[nH]c2=O)c1. The Labute approximate surface area is 93.5 Å². The number of rotatable bonds is 4. The zero-order valence-electron chi connectivity index (χ0n) is 9.14. The maximum absolute atomic E-state index is 11.2. The van der Waals surface area contributed by atoms with Crippen molar-refractivity contribution in [2.24, 2.45) is 0 Å². The third kappa shape index (κ3) is 2.53. The van der Waals surface area contributed by atoms with Gasteiger partial charge in [0.15, 0.2) is 0 Å². The van der Waals surface area contributed by atoms with Crippen LogP contribution in [0.2, 0.25) is 0 Å². The second-order valence-electron chi connectivity index (χ2n) is 3.62. The molecular weight excluding hydrogens is 204 g/mol. The van der Waals surface area contributed by atoms with Gasteiger partial charge in [0.25, 0.3) is 0 Å². The average molecular weight is 218 g/mol. The van der Waals surface area contributed by atoms with Crippen molar-refractivity contribution in [2.45, 2.75) is 13.5 Å². The van der Waals surface area contributed by atoms with Gasteiger partial charge in [-0.1, -0.05) is 12.1 Å². The van der Waals surface area contributed by atoms with Crippen LogP contribution in [-0.2, 0) is 6.54 Å². The average Bonchev–Trinajstić information content (AvgIpc) is 2.65. The lowest BCUT2D eigenvalue weighted by atomic mass is 10.2. The number of aryl methyl sites for hydroxylation is 1. The number of nitrogens with one attached hydrogen (secondary N) is 1. The van der Waals surface area contributed by atoms with Gasteiger partial charge in [0.2, 0.25) is 0 Å². The van der Waals surface area contributed by atoms with Crippen LogP contribution >= 0.6 is 0 Å². The van der Waals surface area contributed by atoms with Gasteiger partial charge in [-0.25, -0.2) is 4.79 Å². The zero-order chi connectivity index (χ0) is 11.4. The molecule has 2 rings (SSSR count). The van der Waals surface area contributed by atoms with Gasteiger partial charge in [0.05, 0.1) is 6.54 Å². The molecule has 1 aromatic carbocycles. The minimum Gasteiger partial charge on any atom is -0.492 e. The Balaban J connectivity index is 1.89. The normalized spacial score (nSPS) is 10.3. The fraction of sp³-hybridized carbons (Fsp3) is 0.250. The van der Waals surface area contributed by atoms with E-state index in [0.717, 1.165) is 11.3 Å². The number of nitrogens with zero attached hydrogens (tertiary/aromatic N) is 1. The number of H-pyrrole nitrogens is 1. The molecule has 0 aliphatic rings. The van der Waals surface area contributed by atoms with Crippen LogP contribution < -0.4 is 10.4 Å². The van der Waals surface area contributed by atoms with Crippen molar-refractivity contribution in [3.05, 3.63) is 52.7 Å². The summed E-state index contributed by atoms with van der Waals surface area (Å²) < 4.78 is 7.12. The fourth-order valence-electron chi connectivity index (χ4n) is 1.49. The lowest BCUT2D eigenvalue weighted by molar-refractivity contribution is 0.296. The van der Waals surface area contributed by atoms with Crippen LogP contribution in [0.4, 0.5) is 0 Å². The number of aromatic nitrogens is 2. The summed E-state index contributed by atoms with van der Waals surface area (Å²) in [6.45, 7) is 3.06. The highest BCUT2D eigenvalue weighted by molar-refractivity contribution is 5.27. The molecule has 0 spiro atoms. The zero-order valence-corrected chi connectivity index (χ0v) is 9.14. The van der Waals surface area contributed by atoms with E-state index in [4.69, 9.17) is 4.74 Å². The molecule has 16 heavy (non-hydrogen) atoms. The maximum Gasteiger partial charge on any atom is 0.325 e. The second-order valence-corrected chi connectivity index (χ2v) is 3.62. The molecule has 0 unspecified atom stereocenters. The molecule has 0 amide bonds. The fourth-order valence-corrected chi connectivity index (χ4v) is 1.49. The van der Waals surface area contributed by atoms with Gasteiger partial charge in [0, 0.05) is 12.4 Å².